The molecule has 3 heteroatoms. The number of nitrogens with one attached hydrogen (secondary N) is 1. The molecule has 0 aliphatic heterocycles. The van der Waals surface area contributed by atoms with Crippen LogP contribution in [-0.2, 0) is 4.79 Å². The normalized spacial score (nSPS) is 13.8. The predicted molar refractivity (Wildman–Crippen MR) is 96.9 cm³/mol. The van der Waals surface area contributed by atoms with Gasteiger partial charge in [0.2, 0.25) is 0 Å². The van der Waals surface area contributed by atoms with Gasteiger partial charge in [0.1, 0.15) is 5.75 Å². The molecule has 0 saturated carbocycles. The number of rotatable bonds is 6. The van der Waals surface area contributed by atoms with Crippen LogP contribution in [0, 0.1) is 5.41 Å². The molecule has 1 aromatic carbocycles. The van der Waals surface area contributed by atoms with Crippen LogP contribution in [0.4, 0.5) is 0 Å². The van der Waals surface area contributed by atoms with E-state index < -0.39 is 6.10 Å². The van der Waals surface area contributed by atoms with E-state index in [0.29, 0.717) is 5.92 Å². The van der Waals surface area contributed by atoms with Gasteiger partial charge in [-0.3, -0.25) is 4.79 Å². The number of hydrogen-bond acceptors (Lipinski definition) is 2. The molecule has 1 amide bonds. The third kappa shape index (κ3) is 6.64. The Morgan fingerprint density at radius 1 is 1.09 bits per heavy atom. The van der Waals surface area contributed by atoms with Gasteiger partial charge in [-0.25, -0.2) is 0 Å². The molecule has 3 nitrogen and oxygen atoms in total. The molecule has 1 aromatic rings. The van der Waals surface area contributed by atoms with Crippen molar-refractivity contribution >= 4 is 5.91 Å². The van der Waals surface area contributed by atoms with Gasteiger partial charge in [-0.05, 0) is 50.2 Å². The third-order valence-corrected chi connectivity index (χ3v) is 3.65. The molecule has 0 aromatic heterocycles. The predicted octanol–water partition coefficient (Wildman–Crippen LogP) is 4.91. The fraction of sp³-hybridized carbons (Fsp3) is 0.650. The fourth-order valence-corrected chi connectivity index (χ4v) is 3.11. The molecule has 1 atom stereocenters. The van der Waals surface area contributed by atoms with Crippen molar-refractivity contribution in [3.8, 4) is 5.75 Å². The highest BCUT2D eigenvalue weighted by atomic mass is 16.5. The standard InChI is InChI=1S/C20H33NO2/c1-14(2)16-11-9-10-12-17(16)23-15(3)18(22)21-20(7,8)13-19(4,5)6/h9-12,14-15H,13H2,1-8H3,(H,21,22). The highest BCUT2D eigenvalue weighted by Gasteiger charge is 2.29. The minimum atomic E-state index is -0.519. The maximum Gasteiger partial charge on any atom is 0.261 e. The van der Waals surface area contributed by atoms with Crippen molar-refractivity contribution in [2.75, 3.05) is 0 Å². The first-order valence-corrected chi connectivity index (χ1v) is 8.49. The number of amides is 1. The van der Waals surface area contributed by atoms with Crippen molar-refractivity contribution in [2.45, 2.75) is 79.4 Å². The highest BCUT2D eigenvalue weighted by Crippen LogP contribution is 2.28. The average molecular weight is 319 g/mol. The molecular formula is C20H33NO2. The minimum Gasteiger partial charge on any atom is -0.481 e. The molecule has 130 valence electrons. The molecule has 0 bridgehead atoms. The maximum absolute atomic E-state index is 12.5. The summed E-state index contributed by atoms with van der Waals surface area (Å²) < 4.78 is 5.93. The SMILES string of the molecule is CC(Oc1ccccc1C(C)C)C(=O)NC(C)(C)CC(C)(C)C. The Balaban J connectivity index is 2.75. The van der Waals surface area contributed by atoms with Crippen molar-refractivity contribution in [1.82, 2.24) is 5.32 Å². The summed E-state index contributed by atoms with van der Waals surface area (Å²) >= 11 is 0. The van der Waals surface area contributed by atoms with E-state index >= 15 is 0 Å². The fourth-order valence-electron chi connectivity index (χ4n) is 3.11. The van der Waals surface area contributed by atoms with E-state index in [1.807, 2.05) is 24.3 Å². The number of benzene rings is 1. The minimum absolute atomic E-state index is 0.0715. The number of para-hydroxylation sites is 1. The van der Waals surface area contributed by atoms with E-state index in [0.717, 1.165) is 17.7 Å². The Labute approximate surface area is 141 Å². The topological polar surface area (TPSA) is 38.3 Å². The number of carbonyl (C=O) groups is 1. The summed E-state index contributed by atoms with van der Waals surface area (Å²) in [5.41, 5.74) is 1.02. The van der Waals surface area contributed by atoms with Crippen LogP contribution in [0.1, 0.15) is 73.3 Å². The number of carbonyl (C=O) groups excluding carboxylic acids is 1. The van der Waals surface area contributed by atoms with Crippen molar-refractivity contribution in [3.05, 3.63) is 29.8 Å². The van der Waals surface area contributed by atoms with E-state index in [2.05, 4.69) is 53.8 Å². The second-order valence-electron chi connectivity index (χ2n) is 8.56. The molecule has 1 unspecified atom stereocenters. The summed E-state index contributed by atoms with van der Waals surface area (Å²) in [5, 5.41) is 3.12. The summed E-state index contributed by atoms with van der Waals surface area (Å²) in [6, 6.07) is 7.92. The molecule has 0 fully saturated rings. The van der Waals surface area contributed by atoms with Crippen LogP contribution in [0.25, 0.3) is 0 Å². The summed E-state index contributed by atoms with van der Waals surface area (Å²) in [7, 11) is 0. The summed E-state index contributed by atoms with van der Waals surface area (Å²) in [5.74, 6) is 1.08. The summed E-state index contributed by atoms with van der Waals surface area (Å²) in [4.78, 5) is 12.5. The van der Waals surface area contributed by atoms with Gasteiger partial charge in [-0.15, -0.1) is 0 Å². The van der Waals surface area contributed by atoms with Crippen LogP contribution in [0.15, 0.2) is 24.3 Å². The van der Waals surface area contributed by atoms with Crippen LogP contribution < -0.4 is 10.1 Å². The summed E-state index contributed by atoms with van der Waals surface area (Å²) in [6.45, 7) is 16.7. The zero-order valence-electron chi connectivity index (χ0n) is 16.0. The Kier molecular flexibility index (Phi) is 6.26. The van der Waals surface area contributed by atoms with Gasteiger partial charge in [0.05, 0.1) is 0 Å². The van der Waals surface area contributed by atoms with Crippen LogP contribution in [0.5, 0.6) is 5.75 Å². The second kappa shape index (κ2) is 7.37. The molecule has 1 N–H and O–H groups in total. The zero-order chi connectivity index (χ0) is 17.8. The van der Waals surface area contributed by atoms with E-state index in [-0.39, 0.29) is 16.9 Å². The van der Waals surface area contributed by atoms with Crippen molar-refractivity contribution < 1.29 is 9.53 Å². The molecular weight excluding hydrogens is 286 g/mol. The smallest absolute Gasteiger partial charge is 0.261 e. The lowest BCUT2D eigenvalue weighted by atomic mass is 9.81. The van der Waals surface area contributed by atoms with Gasteiger partial charge in [-0.1, -0.05) is 52.8 Å². The molecule has 0 heterocycles. The van der Waals surface area contributed by atoms with E-state index in [1.54, 1.807) is 6.92 Å². The van der Waals surface area contributed by atoms with E-state index in [4.69, 9.17) is 4.74 Å². The van der Waals surface area contributed by atoms with Gasteiger partial charge in [0, 0.05) is 5.54 Å². The zero-order valence-corrected chi connectivity index (χ0v) is 16.0. The highest BCUT2D eigenvalue weighted by molar-refractivity contribution is 5.81. The lowest BCUT2D eigenvalue weighted by Gasteiger charge is -2.34. The van der Waals surface area contributed by atoms with Crippen molar-refractivity contribution in [3.63, 3.8) is 0 Å². The first-order chi connectivity index (χ1) is 10.4. The molecule has 23 heavy (non-hydrogen) atoms. The van der Waals surface area contributed by atoms with Gasteiger partial charge in [0.15, 0.2) is 6.10 Å². The quantitative estimate of drug-likeness (QED) is 0.809. The summed E-state index contributed by atoms with van der Waals surface area (Å²) in [6.07, 6.45) is 0.384. The number of ether oxygens (including phenoxy) is 1. The molecule has 0 aliphatic rings. The Bertz CT molecular complexity index is 527. The van der Waals surface area contributed by atoms with Crippen molar-refractivity contribution in [2.24, 2.45) is 5.41 Å². The first kappa shape index (κ1) is 19.5. The second-order valence-corrected chi connectivity index (χ2v) is 8.56. The number of hydrogen-bond donors (Lipinski definition) is 1. The maximum atomic E-state index is 12.5. The van der Waals surface area contributed by atoms with E-state index in [1.165, 1.54) is 0 Å². The average Bonchev–Trinajstić information content (AvgIpc) is 2.35. The Hall–Kier alpha value is -1.51. The molecule has 0 radical (unpaired) electrons. The Morgan fingerprint density at radius 2 is 1.65 bits per heavy atom. The largest absolute Gasteiger partial charge is 0.481 e. The molecule has 0 aliphatic carbocycles. The first-order valence-electron chi connectivity index (χ1n) is 8.49. The van der Waals surface area contributed by atoms with Gasteiger partial charge in [0.25, 0.3) is 5.91 Å². The lowest BCUT2D eigenvalue weighted by Crippen LogP contribution is -2.50. The Morgan fingerprint density at radius 3 is 2.17 bits per heavy atom. The molecule has 0 saturated heterocycles. The van der Waals surface area contributed by atoms with Crippen molar-refractivity contribution in [1.29, 1.82) is 0 Å². The monoisotopic (exact) mass is 319 g/mol. The van der Waals surface area contributed by atoms with Crippen LogP contribution in [-0.4, -0.2) is 17.6 Å². The van der Waals surface area contributed by atoms with Gasteiger partial charge < -0.3 is 10.1 Å². The third-order valence-electron chi connectivity index (χ3n) is 3.65. The van der Waals surface area contributed by atoms with Gasteiger partial charge >= 0.3 is 0 Å². The van der Waals surface area contributed by atoms with Crippen LogP contribution in [0.2, 0.25) is 0 Å². The molecule has 1 rings (SSSR count). The van der Waals surface area contributed by atoms with E-state index in [9.17, 15) is 4.79 Å². The van der Waals surface area contributed by atoms with Crippen LogP contribution in [0.3, 0.4) is 0 Å². The molecule has 0 spiro atoms. The lowest BCUT2D eigenvalue weighted by molar-refractivity contribution is -0.129. The van der Waals surface area contributed by atoms with Gasteiger partial charge in [-0.2, -0.15) is 0 Å². The van der Waals surface area contributed by atoms with Crippen LogP contribution >= 0.6 is 0 Å².